The lowest BCUT2D eigenvalue weighted by Gasteiger charge is -2.49. The standard InChI is InChI=1S/C21H41N5O7/c1-4-26-13-7-12(24)16(32-19-11(23)6-5-10(8-22)31-19)14(27)17(13)33-20-15(28)18(25-3)21(2,29)9-30-20/h5,11-20,25-29H,4,6-9,22-24H2,1-3H3/t11-,12-,13-,14+,15-,16-,17+,18-,19-,20-,21+/m1/s1. The molecular formula is C21H41N5O7. The van der Waals surface area contributed by atoms with Gasteiger partial charge in [0, 0.05) is 12.1 Å². The van der Waals surface area contributed by atoms with Crippen LogP contribution in [0.3, 0.4) is 0 Å². The zero-order valence-corrected chi connectivity index (χ0v) is 19.6. The van der Waals surface area contributed by atoms with Crippen molar-refractivity contribution in [1.29, 1.82) is 0 Å². The highest BCUT2D eigenvalue weighted by Gasteiger charge is 2.51. The van der Waals surface area contributed by atoms with Gasteiger partial charge in [0.2, 0.25) is 6.29 Å². The highest BCUT2D eigenvalue weighted by molar-refractivity contribution is 5.05. The molecule has 0 spiro atoms. The molecule has 3 rings (SSSR count). The Morgan fingerprint density at radius 3 is 2.48 bits per heavy atom. The van der Waals surface area contributed by atoms with Crippen molar-refractivity contribution in [2.75, 3.05) is 26.7 Å². The van der Waals surface area contributed by atoms with Gasteiger partial charge >= 0.3 is 0 Å². The average Bonchev–Trinajstić information content (AvgIpc) is 2.76. The molecule has 0 unspecified atom stereocenters. The Kier molecular flexibility index (Phi) is 9.08. The monoisotopic (exact) mass is 475 g/mol. The second-order valence-corrected chi connectivity index (χ2v) is 9.31. The molecule has 0 amide bonds. The van der Waals surface area contributed by atoms with E-state index in [0.717, 1.165) is 0 Å². The zero-order chi connectivity index (χ0) is 24.3. The molecule has 1 saturated carbocycles. The van der Waals surface area contributed by atoms with E-state index in [1.807, 2.05) is 13.0 Å². The molecule has 1 saturated heterocycles. The number of hydrogen-bond acceptors (Lipinski definition) is 12. The van der Waals surface area contributed by atoms with Crippen LogP contribution in [0.2, 0.25) is 0 Å². The molecule has 2 heterocycles. The van der Waals surface area contributed by atoms with Crippen LogP contribution in [0, 0.1) is 0 Å². The zero-order valence-electron chi connectivity index (χ0n) is 19.6. The minimum atomic E-state index is -1.28. The Bertz CT molecular complexity index is 669. The summed E-state index contributed by atoms with van der Waals surface area (Å²) in [6.07, 6.45) is -3.05. The van der Waals surface area contributed by atoms with Crippen molar-refractivity contribution in [1.82, 2.24) is 10.6 Å². The number of likely N-dealkylation sites (N-methyl/N-ethyl adjacent to an activating group) is 2. The van der Waals surface area contributed by atoms with Crippen molar-refractivity contribution in [3.8, 4) is 0 Å². The van der Waals surface area contributed by atoms with Crippen molar-refractivity contribution >= 4 is 0 Å². The number of nitrogens with two attached hydrogens (primary N) is 3. The minimum absolute atomic E-state index is 0.0483. The Hall–Kier alpha value is -0.900. The predicted octanol–water partition coefficient (Wildman–Crippen LogP) is -3.20. The molecule has 12 nitrogen and oxygen atoms in total. The second kappa shape index (κ2) is 11.2. The van der Waals surface area contributed by atoms with Crippen LogP contribution in [-0.4, -0.2) is 109 Å². The number of aliphatic hydroxyl groups excluding tert-OH is 2. The van der Waals surface area contributed by atoms with Crippen LogP contribution in [0.4, 0.5) is 0 Å². The van der Waals surface area contributed by atoms with E-state index in [9.17, 15) is 15.3 Å². The molecular weight excluding hydrogens is 434 g/mol. The molecule has 0 bridgehead atoms. The Balaban J connectivity index is 1.75. The maximum absolute atomic E-state index is 11.3. The molecule has 2 fully saturated rings. The van der Waals surface area contributed by atoms with E-state index < -0.39 is 60.7 Å². The molecule has 0 aromatic heterocycles. The largest absolute Gasteiger partial charge is 0.467 e. The van der Waals surface area contributed by atoms with Crippen molar-refractivity contribution in [2.24, 2.45) is 17.2 Å². The SMILES string of the molecule is CCN[C@@H]1C[C@@H](N)[C@@H](O[C@H]2OC(CN)=CC[C@H]2N)[C@H](O)[C@H]1O[C@H]1OC[C@](C)(O)[C@H](NC)[C@H]1O. The molecule has 11 N–H and O–H groups in total. The Labute approximate surface area is 194 Å². The van der Waals surface area contributed by atoms with Gasteiger partial charge in [0.15, 0.2) is 6.29 Å². The van der Waals surface area contributed by atoms with Gasteiger partial charge in [-0.25, -0.2) is 0 Å². The van der Waals surface area contributed by atoms with Gasteiger partial charge in [-0.2, -0.15) is 0 Å². The summed E-state index contributed by atoms with van der Waals surface area (Å²) in [7, 11) is 1.64. The number of ether oxygens (including phenoxy) is 4. The van der Waals surface area contributed by atoms with Crippen LogP contribution in [0.25, 0.3) is 0 Å². The average molecular weight is 476 g/mol. The first-order valence-corrected chi connectivity index (χ1v) is 11.6. The number of hydrogen-bond donors (Lipinski definition) is 8. The summed E-state index contributed by atoms with van der Waals surface area (Å²) in [4.78, 5) is 0. The molecule has 33 heavy (non-hydrogen) atoms. The van der Waals surface area contributed by atoms with Gasteiger partial charge in [-0.05, 0) is 39.4 Å². The van der Waals surface area contributed by atoms with E-state index in [4.69, 9.17) is 36.1 Å². The quantitative estimate of drug-likeness (QED) is 0.175. The second-order valence-electron chi connectivity index (χ2n) is 9.31. The highest BCUT2D eigenvalue weighted by atomic mass is 16.7. The van der Waals surface area contributed by atoms with E-state index in [1.165, 1.54) is 0 Å². The van der Waals surface area contributed by atoms with Gasteiger partial charge in [0.25, 0.3) is 0 Å². The molecule has 2 aliphatic heterocycles. The predicted molar refractivity (Wildman–Crippen MR) is 120 cm³/mol. The number of aliphatic hydroxyl groups is 3. The normalized spacial score (nSPS) is 46.5. The smallest absolute Gasteiger partial charge is 0.215 e. The van der Waals surface area contributed by atoms with Crippen molar-refractivity contribution in [3.05, 3.63) is 11.8 Å². The maximum Gasteiger partial charge on any atom is 0.215 e. The molecule has 0 radical (unpaired) electrons. The maximum atomic E-state index is 11.3. The molecule has 0 aromatic rings. The lowest BCUT2D eigenvalue weighted by Crippen LogP contribution is -2.69. The van der Waals surface area contributed by atoms with E-state index in [1.54, 1.807) is 14.0 Å². The summed E-state index contributed by atoms with van der Waals surface area (Å²) >= 11 is 0. The third-order valence-electron chi connectivity index (χ3n) is 6.64. The van der Waals surface area contributed by atoms with E-state index in [2.05, 4.69) is 10.6 Å². The van der Waals surface area contributed by atoms with Crippen molar-refractivity contribution < 1.29 is 34.3 Å². The highest BCUT2D eigenvalue weighted by Crippen LogP contribution is 2.31. The summed E-state index contributed by atoms with van der Waals surface area (Å²) in [5, 5.41) is 38.8. The van der Waals surface area contributed by atoms with Crippen LogP contribution in [0.1, 0.15) is 26.7 Å². The Morgan fingerprint density at radius 1 is 1.15 bits per heavy atom. The van der Waals surface area contributed by atoms with E-state index >= 15 is 0 Å². The topological polar surface area (TPSA) is 200 Å². The molecule has 11 atom stereocenters. The van der Waals surface area contributed by atoms with Crippen LogP contribution < -0.4 is 27.8 Å². The first-order valence-electron chi connectivity index (χ1n) is 11.6. The lowest BCUT2D eigenvalue weighted by molar-refractivity contribution is -0.304. The summed E-state index contributed by atoms with van der Waals surface area (Å²) in [5.41, 5.74) is 16.9. The van der Waals surface area contributed by atoms with Crippen molar-refractivity contribution in [2.45, 2.75) is 93.5 Å². The fourth-order valence-electron chi connectivity index (χ4n) is 4.86. The summed E-state index contributed by atoms with van der Waals surface area (Å²) in [6.45, 7) is 4.30. The molecule has 0 aromatic carbocycles. The van der Waals surface area contributed by atoms with Gasteiger partial charge in [0.1, 0.15) is 35.8 Å². The minimum Gasteiger partial charge on any atom is -0.467 e. The van der Waals surface area contributed by atoms with Crippen molar-refractivity contribution in [3.63, 3.8) is 0 Å². The third-order valence-corrected chi connectivity index (χ3v) is 6.64. The summed E-state index contributed by atoms with van der Waals surface area (Å²) < 4.78 is 23.6. The summed E-state index contributed by atoms with van der Waals surface area (Å²) in [6, 6.07) is -1.95. The van der Waals surface area contributed by atoms with Gasteiger partial charge in [0.05, 0.1) is 25.2 Å². The fraction of sp³-hybridized carbons (Fsp3) is 0.905. The first kappa shape index (κ1) is 26.7. The van der Waals surface area contributed by atoms with Crippen LogP contribution in [-0.2, 0) is 18.9 Å². The van der Waals surface area contributed by atoms with Gasteiger partial charge in [-0.3, -0.25) is 0 Å². The fourth-order valence-corrected chi connectivity index (χ4v) is 4.86. The molecule has 12 heteroatoms. The van der Waals surface area contributed by atoms with E-state index in [0.29, 0.717) is 25.1 Å². The van der Waals surface area contributed by atoms with Crippen LogP contribution >= 0.6 is 0 Å². The lowest BCUT2D eigenvalue weighted by atomic mass is 9.83. The molecule has 3 aliphatic rings. The van der Waals surface area contributed by atoms with Crippen LogP contribution in [0.5, 0.6) is 0 Å². The number of rotatable bonds is 8. The molecule has 192 valence electrons. The van der Waals surface area contributed by atoms with E-state index in [-0.39, 0.29) is 19.2 Å². The summed E-state index contributed by atoms with van der Waals surface area (Å²) in [5.74, 6) is 0.572. The first-order chi connectivity index (χ1) is 15.6. The Morgan fingerprint density at radius 2 is 1.85 bits per heavy atom. The van der Waals surface area contributed by atoms with Gasteiger partial charge in [-0.15, -0.1) is 0 Å². The van der Waals surface area contributed by atoms with Gasteiger partial charge in [-0.1, -0.05) is 6.92 Å². The van der Waals surface area contributed by atoms with Crippen LogP contribution in [0.15, 0.2) is 11.8 Å². The van der Waals surface area contributed by atoms with Gasteiger partial charge < -0.3 is 62.1 Å². The third kappa shape index (κ3) is 5.85. The molecule has 1 aliphatic carbocycles. The number of nitrogens with one attached hydrogen (secondary N) is 2.